The maximum atomic E-state index is 13.5. The number of ether oxygens (including phenoxy) is 2. The fourth-order valence-electron chi connectivity index (χ4n) is 4.19. The summed E-state index contributed by atoms with van der Waals surface area (Å²) in [6, 6.07) is 9.98. The molecule has 1 aromatic carbocycles. The molecule has 33 heavy (non-hydrogen) atoms. The Kier molecular flexibility index (Phi) is 9.94. The third kappa shape index (κ3) is 7.40. The SMILES string of the molecule is C=CCC[C@@H](O)CN(CCOC)CC(=O)N1CCc2sccc2[C@@H]1COc1cccc(C)c1. The lowest BCUT2D eigenvalue weighted by Crippen LogP contribution is -2.48. The summed E-state index contributed by atoms with van der Waals surface area (Å²) in [6.07, 6.45) is 3.55. The van der Waals surface area contributed by atoms with Crippen molar-refractivity contribution in [3.05, 3.63) is 64.4 Å². The van der Waals surface area contributed by atoms with Crippen molar-refractivity contribution in [2.75, 3.05) is 46.5 Å². The Morgan fingerprint density at radius 2 is 2.27 bits per heavy atom. The quantitative estimate of drug-likeness (QED) is 0.449. The minimum Gasteiger partial charge on any atom is -0.491 e. The topological polar surface area (TPSA) is 62.2 Å². The zero-order chi connectivity index (χ0) is 23.6. The highest BCUT2D eigenvalue weighted by Crippen LogP contribution is 2.34. The van der Waals surface area contributed by atoms with Crippen LogP contribution in [-0.4, -0.2) is 73.4 Å². The predicted molar refractivity (Wildman–Crippen MR) is 133 cm³/mol. The summed E-state index contributed by atoms with van der Waals surface area (Å²) in [6.45, 7) is 8.63. The lowest BCUT2D eigenvalue weighted by atomic mass is 10.0. The average Bonchev–Trinajstić information content (AvgIpc) is 3.28. The van der Waals surface area contributed by atoms with E-state index in [1.807, 2.05) is 41.0 Å². The molecular weight excluding hydrogens is 436 g/mol. The van der Waals surface area contributed by atoms with Crippen molar-refractivity contribution in [3.8, 4) is 5.75 Å². The van der Waals surface area contributed by atoms with Gasteiger partial charge in [-0.1, -0.05) is 18.2 Å². The Balaban J connectivity index is 1.70. The van der Waals surface area contributed by atoms with E-state index in [0.717, 1.165) is 24.2 Å². The van der Waals surface area contributed by atoms with Crippen LogP contribution in [0.15, 0.2) is 48.4 Å². The van der Waals surface area contributed by atoms with Gasteiger partial charge >= 0.3 is 0 Å². The van der Waals surface area contributed by atoms with Crippen LogP contribution in [0.25, 0.3) is 0 Å². The van der Waals surface area contributed by atoms with Crippen molar-refractivity contribution in [2.45, 2.75) is 38.3 Å². The Hall–Kier alpha value is -2.19. The molecule has 0 saturated carbocycles. The second-order valence-corrected chi connectivity index (χ2v) is 9.53. The molecule has 7 heteroatoms. The molecule has 0 radical (unpaired) electrons. The molecule has 0 fully saturated rings. The van der Waals surface area contributed by atoms with Gasteiger partial charge in [-0.3, -0.25) is 9.69 Å². The molecule has 1 N–H and O–H groups in total. The van der Waals surface area contributed by atoms with Crippen LogP contribution in [0.5, 0.6) is 5.75 Å². The molecule has 180 valence electrons. The number of fused-ring (bicyclic) bond motifs is 1. The number of carbonyl (C=O) groups excluding carboxylic acids is 1. The summed E-state index contributed by atoms with van der Waals surface area (Å²) >= 11 is 1.75. The van der Waals surface area contributed by atoms with Gasteiger partial charge in [0.1, 0.15) is 12.4 Å². The number of rotatable bonds is 13. The first kappa shape index (κ1) is 25.4. The molecule has 3 rings (SSSR count). The van der Waals surface area contributed by atoms with Gasteiger partial charge in [0, 0.05) is 31.6 Å². The first-order chi connectivity index (χ1) is 16.0. The van der Waals surface area contributed by atoms with E-state index >= 15 is 0 Å². The van der Waals surface area contributed by atoms with Crippen LogP contribution in [0.2, 0.25) is 0 Å². The minimum atomic E-state index is -0.502. The first-order valence-corrected chi connectivity index (χ1v) is 12.4. The first-order valence-electron chi connectivity index (χ1n) is 11.6. The van der Waals surface area contributed by atoms with E-state index in [2.05, 4.69) is 18.0 Å². The lowest BCUT2D eigenvalue weighted by Gasteiger charge is -2.37. The van der Waals surface area contributed by atoms with Crippen molar-refractivity contribution in [1.82, 2.24) is 9.80 Å². The maximum absolute atomic E-state index is 13.5. The van der Waals surface area contributed by atoms with Gasteiger partial charge in [-0.05, 0) is 60.9 Å². The fourth-order valence-corrected chi connectivity index (χ4v) is 5.12. The Labute approximate surface area is 201 Å². The zero-order valence-corrected chi connectivity index (χ0v) is 20.6. The van der Waals surface area contributed by atoms with E-state index in [0.29, 0.717) is 39.3 Å². The summed E-state index contributed by atoms with van der Waals surface area (Å²) in [7, 11) is 1.65. The molecule has 2 heterocycles. The number of hydrogen-bond acceptors (Lipinski definition) is 6. The second kappa shape index (κ2) is 12.9. The number of benzene rings is 1. The second-order valence-electron chi connectivity index (χ2n) is 8.53. The number of allylic oxidation sites excluding steroid dienone is 1. The van der Waals surface area contributed by atoms with Crippen molar-refractivity contribution >= 4 is 17.2 Å². The lowest BCUT2D eigenvalue weighted by molar-refractivity contribution is -0.136. The molecule has 2 aromatic rings. The highest BCUT2D eigenvalue weighted by Gasteiger charge is 2.33. The van der Waals surface area contributed by atoms with Crippen molar-refractivity contribution < 1.29 is 19.4 Å². The minimum absolute atomic E-state index is 0.0525. The van der Waals surface area contributed by atoms with Gasteiger partial charge in [0.25, 0.3) is 0 Å². The van der Waals surface area contributed by atoms with Crippen molar-refractivity contribution in [3.63, 3.8) is 0 Å². The molecular formula is C26H36N2O4S. The molecule has 0 bridgehead atoms. The molecule has 2 atom stereocenters. The number of aliphatic hydroxyl groups is 1. The van der Waals surface area contributed by atoms with Crippen LogP contribution in [0.3, 0.4) is 0 Å². The Morgan fingerprint density at radius 3 is 3.03 bits per heavy atom. The number of thiophene rings is 1. The molecule has 6 nitrogen and oxygen atoms in total. The number of methoxy groups -OCH3 is 1. The predicted octanol–water partition coefficient (Wildman–Crippen LogP) is 3.84. The molecule has 1 aromatic heterocycles. The molecule has 1 aliphatic rings. The van der Waals surface area contributed by atoms with Crippen LogP contribution in [0.4, 0.5) is 0 Å². The molecule has 1 aliphatic heterocycles. The highest BCUT2D eigenvalue weighted by molar-refractivity contribution is 7.10. The largest absolute Gasteiger partial charge is 0.491 e. The fraction of sp³-hybridized carbons (Fsp3) is 0.500. The number of aliphatic hydroxyl groups excluding tert-OH is 1. The van der Waals surface area contributed by atoms with Gasteiger partial charge in [-0.25, -0.2) is 0 Å². The van der Waals surface area contributed by atoms with Crippen LogP contribution >= 0.6 is 11.3 Å². The number of nitrogens with zero attached hydrogens (tertiary/aromatic N) is 2. The average molecular weight is 473 g/mol. The van der Waals surface area contributed by atoms with Crippen LogP contribution in [0, 0.1) is 6.92 Å². The van der Waals surface area contributed by atoms with E-state index < -0.39 is 6.10 Å². The molecule has 0 unspecified atom stereocenters. The molecule has 0 aliphatic carbocycles. The Bertz CT molecular complexity index is 900. The van der Waals surface area contributed by atoms with E-state index in [9.17, 15) is 9.90 Å². The monoisotopic (exact) mass is 472 g/mol. The smallest absolute Gasteiger partial charge is 0.237 e. The maximum Gasteiger partial charge on any atom is 0.237 e. The standard InChI is InChI=1S/C26H36N2O4S/c1-4-5-8-21(29)17-27(13-14-31-3)18-26(30)28-12-10-25-23(11-15-33-25)24(28)19-32-22-9-6-7-20(2)16-22/h4,6-7,9,11,15-16,21,24,29H,1,5,8,10,12-14,17-19H2,2-3H3/t21-,24+/m1/s1. The number of aryl methyl sites for hydroxylation is 1. The number of carbonyl (C=O) groups is 1. The van der Waals surface area contributed by atoms with E-state index in [1.165, 1.54) is 10.4 Å². The number of amides is 1. The third-order valence-corrected chi connectivity index (χ3v) is 6.95. The van der Waals surface area contributed by atoms with Crippen LogP contribution in [0.1, 0.15) is 34.9 Å². The van der Waals surface area contributed by atoms with Crippen molar-refractivity contribution in [2.24, 2.45) is 0 Å². The Morgan fingerprint density at radius 1 is 1.42 bits per heavy atom. The van der Waals surface area contributed by atoms with Gasteiger partial charge in [0.2, 0.25) is 5.91 Å². The van der Waals surface area contributed by atoms with E-state index in [1.54, 1.807) is 24.5 Å². The summed E-state index contributed by atoms with van der Waals surface area (Å²) in [5, 5.41) is 12.5. The van der Waals surface area contributed by atoms with Crippen LogP contribution in [-0.2, 0) is 16.0 Å². The zero-order valence-electron chi connectivity index (χ0n) is 19.7. The van der Waals surface area contributed by atoms with Gasteiger partial charge < -0.3 is 19.5 Å². The summed E-state index contributed by atoms with van der Waals surface area (Å²) < 4.78 is 11.4. The normalized spacial score (nSPS) is 16.5. The van der Waals surface area contributed by atoms with Crippen LogP contribution < -0.4 is 4.74 Å². The van der Waals surface area contributed by atoms with Gasteiger partial charge in [-0.2, -0.15) is 0 Å². The molecule has 1 amide bonds. The highest BCUT2D eigenvalue weighted by atomic mass is 32.1. The summed E-state index contributed by atoms with van der Waals surface area (Å²) in [4.78, 5) is 18.7. The van der Waals surface area contributed by atoms with Gasteiger partial charge in [0.05, 0.1) is 25.3 Å². The molecule has 0 saturated heterocycles. The summed E-state index contributed by atoms with van der Waals surface area (Å²) in [5.74, 6) is 0.869. The van der Waals surface area contributed by atoms with Gasteiger partial charge in [0.15, 0.2) is 0 Å². The summed E-state index contributed by atoms with van der Waals surface area (Å²) in [5.41, 5.74) is 2.32. The van der Waals surface area contributed by atoms with E-state index in [-0.39, 0.29) is 18.5 Å². The van der Waals surface area contributed by atoms with Crippen molar-refractivity contribution in [1.29, 1.82) is 0 Å². The molecule has 0 spiro atoms. The number of hydrogen-bond donors (Lipinski definition) is 1. The van der Waals surface area contributed by atoms with E-state index in [4.69, 9.17) is 9.47 Å². The third-order valence-electron chi connectivity index (χ3n) is 5.96. The van der Waals surface area contributed by atoms with Gasteiger partial charge in [-0.15, -0.1) is 17.9 Å².